The number of aromatic nitrogens is 1. The van der Waals surface area contributed by atoms with Crippen molar-refractivity contribution in [3.63, 3.8) is 0 Å². The molecule has 0 saturated carbocycles. The van der Waals surface area contributed by atoms with Crippen molar-refractivity contribution in [1.29, 1.82) is 0 Å². The van der Waals surface area contributed by atoms with Gasteiger partial charge < -0.3 is 5.32 Å². The lowest BCUT2D eigenvalue weighted by Crippen LogP contribution is -2.33. The number of pyridine rings is 1. The Balaban J connectivity index is 2.55. The Morgan fingerprint density at radius 2 is 1.86 bits per heavy atom. The van der Waals surface area contributed by atoms with Crippen molar-refractivity contribution in [2.45, 2.75) is 39.8 Å². The van der Waals surface area contributed by atoms with E-state index in [-0.39, 0.29) is 0 Å². The van der Waals surface area contributed by atoms with Gasteiger partial charge in [0.25, 0.3) is 0 Å². The van der Waals surface area contributed by atoms with Gasteiger partial charge >= 0.3 is 0 Å². The summed E-state index contributed by atoms with van der Waals surface area (Å²) in [6.45, 7) is 8.82. The highest BCUT2D eigenvalue weighted by atomic mass is 15.0. The molecule has 0 spiro atoms. The molecule has 0 fully saturated rings. The summed E-state index contributed by atoms with van der Waals surface area (Å²) in [4.78, 5) is 4.33. The van der Waals surface area contributed by atoms with Crippen molar-refractivity contribution in [2.24, 2.45) is 5.92 Å². The first-order chi connectivity index (χ1) is 6.61. The molecule has 1 aromatic heterocycles. The zero-order chi connectivity index (χ0) is 10.6. The Bertz CT molecular complexity index is 256. The molecule has 0 radical (unpaired) electrons. The molecule has 1 N–H and O–H groups in total. The molecule has 1 rings (SSSR count). The Labute approximate surface area is 86.8 Å². The molecule has 1 heterocycles. The standard InChI is InChI=1S/C12H20N2/c1-9(2)10(3)14-11(4)12-7-5-6-8-13-12/h5-11,14H,1-4H3/t10-,11-/m1/s1. The number of hydrogen-bond acceptors (Lipinski definition) is 2. The quantitative estimate of drug-likeness (QED) is 0.793. The van der Waals surface area contributed by atoms with Gasteiger partial charge in [-0.2, -0.15) is 0 Å². The van der Waals surface area contributed by atoms with Crippen molar-refractivity contribution in [1.82, 2.24) is 10.3 Å². The molecule has 14 heavy (non-hydrogen) atoms. The number of nitrogens with one attached hydrogen (secondary N) is 1. The molecule has 0 unspecified atom stereocenters. The van der Waals surface area contributed by atoms with Crippen LogP contribution in [-0.4, -0.2) is 11.0 Å². The topological polar surface area (TPSA) is 24.9 Å². The zero-order valence-corrected chi connectivity index (χ0v) is 9.49. The van der Waals surface area contributed by atoms with E-state index < -0.39 is 0 Å². The molecule has 0 aromatic carbocycles. The summed E-state index contributed by atoms with van der Waals surface area (Å²) in [5.41, 5.74) is 1.11. The fourth-order valence-corrected chi connectivity index (χ4v) is 1.30. The maximum Gasteiger partial charge on any atom is 0.0570 e. The van der Waals surface area contributed by atoms with Crippen LogP contribution < -0.4 is 5.32 Å². The van der Waals surface area contributed by atoms with E-state index in [4.69, 9.17) is 0 Å². The van der Waals surface area contributed by atoms with Gasteiger partial charge in [-0.1, -0.05) is 19.9 Å². The van der Waals surface area contributed by atoms with E-state index in [1.807, 2.05) is 18.3 Å². The third-order valence-corrected chi connectivity index (χ3v) is 2.64. The predicted octanol–water partition coefficient (Wildman–Crippen LogP) is 2.78. The van der Waals surface area contributed by atoms with Crippen LogP contribution in [-0.2, 0) is 0 Å². The predicted molar refractivity (Wildman–Crippen MR) is 60.1 cm³/mol. The maximum absolute atomic E-state index is 4.33. The summed E-state index contributed by atoms with van der Waals surface area (Å²) >= 11 is 0. The minimum atomic E-state index is 0.327. The summed E-state index contributed by atoms with van der Waals surface area (Å²) in [5, 5.41) is 3.53. The smallest absolute Gasteiger partial charge is 0.0570 e. The average molecular weight is 192 g/mol. The van der Waals surface area contributed by atoms with Crippen LogP contribution in [0.5, 0.6) is 0 Å². The second kappa shape index (κ2) is 5.11. The second-order valence-corrected chi connectivity index (χ2v) is 4.18. The maximum atomic E-state index is 4.33. The first kappa shape index (κ1) is 11.2. The minimum Gasteiger partial charge on any atom is -0.306 e. The Hall–Kier alpha value is -0.890. The van der Waals surface area contributed by atoms with Crippen LogP contribution in [0.1, 0.15) is 39.4 Å². The summed E-state index contributed by atoms with van der Waals surface area (Å²) in [7, 11) is 0. The average Bonchev–Trinajstić information content (AvgIpc) is 2.19. The van der Waals surface area contributed by atoms with Gasteiger partial charge in [0, 0.05) is 18.3 Å². The SMILES string of the molecule is CC(C)[C@@H](C)N[C@H](C)c1ccccn1. The van der Waals surface area contributed by atoms with Crippen molar-refractivity contribution < 1.29 is 0 Å². The van der Waals surface area contributed by atoms with Crippen molar-refractivity contribution in [3.8, 4) is 0 Å². The van der Waals surface area contributed by atoms with Crippen LogP contribution in [0.2, 0.25) is 0 Å². The van der Waals surface area contributed by atoms with Crippen molar-refractivity contribution in [3.05, 3.63) is 30.1 Å². The monoisotopic (exact) mass is 192 g/mol. The second-order valence-electron chi connectivity index (χ2n) is 4.18. The summed E-state index contributed by atoms with van der Waals surface area (Å²) in [6.07, 6.45) is 1.84. The third-order valence-electron chi connectivity index (χ3n) is 2.64. The molecule has 0 amide bonds. The summed E-state index contributed by atoms with van der Waals surface area (Å²) in [5.74, 6) is 0.654. The van der Waals surface area contributed by atoms with E-state index in [2.05, 4.69) is 44.1 Å². The molecule has 2 heteroatoms. The van der Waals surface area contributed by atoms with Crippen molar-refractivity contribution >= 4 is 0 Å². The lowest BCUT2D eigenvalue weighted by atomic mass is 10.0. The van der Waals surface area contributed by atoms with Crippen LogP contribution in [0.4, 0.5) is 0 Å². The van der Waals surface area contributed by atoms with Crippen LogP contribution in [0.3, 0.4) is 0 Å². The molecule has 0 aliphatic rings. The molecule has 0 aliphatic heterocycles. The van der Waals surface area contributed by atoms with Gasteiger partial charge in [0.15, 0.2) is 0 Å². The minimum absolute atomic E-state index is 0.327. The molecular formula is C12H20N2. The number of hydrogen-bond donors (Lipinski definition) is 1. The normalized spacial score (nSPS) is 15.5. The van der Waals surface area contributed by atoms with E-state index in [9.17, 15) is 0 Å². The van der Waals surface area contributed by atoms with Crippen molar-refractivity contribution in [2.75, 3.05) is 0 Å². The van der Waals surface area contributed by atoms with Gasteiger partial charge in [-0.25, -0.2) is 0 Å². The highest BCUT2D eigenvalue weighted by Crippen LogP contribution is 2.11. The Morgan fingerprint density at radius 1 is 1.14 bits per heavy atom. The van der Waals surface area contributed by atoms with Crippen LogP contribution >= 0.6 is 0 Å². The zero-order valence-electron chi connectivity index (χ0n) is 9.49. The highest BCUT2D eigenvalue weighted by molar-refractivity contribution is 5.07. The van der Waals surface area contributed by atoms with E-state index in [1.54, 1.807) is 0 Å². The molecule has 2 atom stereocenters. The summed E-state index contributed by atoms with van der Waals surface area (Å²) in [6, 6.07) is 6.88. The molecule has 0 bridgehead atoms. The number of rotatable bonds is 4. The Kier molecular flexibility index (Phi) is 4.08. The van der Waals surface area contributed by atoms with Crippen LogP contribution in [0.15, 0.2) is 24.4 Å². The van der Waals surface area contributed by atoms with Gasteiger partial charge in [0.05, 0.1) is 5.69 Å². The lowest BCUT2D eigenvalue weighted by Gasteiger charge is -2.22. The first-order valence-electron chi connectivity index (χ1n) is 5.28. The molecule has 2 nitrogen and oxygen atoms in total. The van der Waals surface area contributed by atoms with E-state index in [0.717, 1.165) is 5.69 Å². The van der Waals surface area contributed by atoms with Gasteiger partial charge in [-0.05, 0) is 31.9 Å². The molecule has 0 saturated heterocycles. The highest BCUT2D eigenvalue weighted by Gasteiger charge is 2.12. The van der Waals surface area contributed by atoms with Gasteiger partial charge in [0.2, 0.25) is 0 Å². The number of nitrogens with zero attached hydrogens (tertiary/aromatic N) is 1. The fourth-order valence-electron chi connectivity index (χ4n) is 1.30. The van der Waals surface area contributed by atoms with Crippen LogP contribution in [0, 0.1) is 5.92 Å². The molecule has 78 valence electrons. The fraction of sp³-hybridized carbons (Fsp3) is 0.583. The molecule has 1 aromatic rings. The van der Waals surface area contributed by atoms with Gasteiger partial charge in [0.1, 0.15) is 0 Å². The summed E-state index contributed by atoms with van der Waals surface area (Å²) < 4.78 is 0. The molecule has 0 aliphatic carbocycles. The van der Waals surface area contributed by atoms with E-state index in [0.29, 0.717) is 18.0 Å². The third kappa shape index (κ3) is 3.11. The first-order valence-corrected chi connectivity index (χ1v) is 5.28. The van der Waals surface area contributed by atoms with Crippen LogP contribution in [0.25, 0.3) is 0 Å². The largest absolute Gasteiger partial charge is 0.306 e. The van der Waals surface area contributed by atoms with Gasteiger partial charge in [-0.3, -0.25) is 4.98 Å². The molecular weight excluding hydrogens is 172 g/mol. The van der Waals surface area contributed by atoms with E-state index in [1.165, 1.54) is 0 Å². The lowest BCUT2D eigenvalue weighted by molar-refractivity contribution is 0.385. The van der Waals surface area contributed by atoms with Gasteiger partial charge in [-0.15, -0.1) is 0 Å². The Morgan fingerprint density at radius 3 is 2.36 bits per heavy atom. The van der Waals surface area contributed by atoms with E-state index >= 15 is 0 Å².